The highest BCUT2D eigenvalue weighted by atomic mass is 19.4. The zero-order valence-corrected chi connectivity index (χ0v) is 15.4. The molecule has 3 aromatic rings. The van der Waals surface area contributed by atoms with Crippen molar-refractivity contribution in [3.63, 3.8) is 0 Å². The van der Waals surface area contributed by atoms with Crippen molar-refractivity contribution >= 4 is 13.0 Å². The van der Waals surface area contributed by atoms with Crippen molar-refractivity contribution in [1.29, 1.82) is 5.26 Å². The summed E-state index contributed by atoms with van der Waals surface area (Å²) in [5, 5.41) is 8.93. The molecule has 0 radical (unpaired) electrons. The van der Waals surface area contributed by atoms with E-state index in [-0.39, 0.29) is 19.4 Å². The van der Waals surface area contributed by atoms with Crippen LogP contribution in [0.1, 0.15) is 28.1 Å². The molecule has 0 saturated carbocycles. The molecule has 1 unspecified atom stereocenters. The van der Waals surface area contributed by atoms with Gasteiger partial charge in [-0.25, -0.2) is 0 Å². The average molecular weight is 421 g/mol. The molecule has 0 aliphatic rings. The fourth-order valence-corrected chi connectivity index (χ4v) is 3.20. The van der Waals surface area contributed by atoms with Crippen LogP contribution in [0.25, 0.3) is 0 Å². The van der Waals surface area contributed by atoms with Crippen molar-refractivity contribution in [3.8, 4) is 6.07 Å². The van der Waals surface area contributed by atoms with Gasteiger partial charge in [0.05, 0.1) is 22.9 Å². The molecule has 0 aliphatic heterocycles. The molecule has 154 valence electrons. The van der Waals surface area contributed by atoms with Gasteiger partial charge in [-0.1, -0.05) is 30.3 Å². The molecule has 1 heterocycles. The first kappa shape index (κ1) is 21.5. The van der Waals surface area contributed by atoms with Crippen LogP contribution in [-0.4, -0.2) is 16.8 Å². The molecule has 2 aromatic carbocycles. The maximum atomic E-state index is 13.2. The molecule has 0 N–H and O–H groups in total. The fraction of sp³-hybridized carbons (Fsp3) is 0.200. The van der Waals surface area contributed by atoms with Crippen molar-refractivity contribution in [2.45, 2.75) is 24.7 Å². The number of hydrogen-bond acceptors (Lipinski definition) is 2. The quantitative estimate of drug-likeness (QED) is 0.456. The van der Waals surface area contributed by atoms with Gasteiger partial charge in [-0.15, -0.1) is 0 Å². The van der Waals surface area contributed by atoms with Crippen LogP contribution in [0.3, 0.4) is 0 Å². The van der Waals surface area contributed by atoms with Gasteiger partial charge in [0.15, 0.2) is 0 Å². The van der Waals surface area contributed by atoms with Gasteiger partial charge in [-0.2, -0.15) is 31.6 Å². The van der Waals surface area contributed by atoms with E-state index in [0.29, 0.717) is 11.3 Å². The van der Waals surface area contributed by atoms with E-state index >= 15 is 0 Å². The summed E-state index contributed by atoms with van der Waals surface area (Å²) >= 11 is 0. The highest BCUT2D eigenvalue weighted by Gasteiger charge is 2.33. The van der Waals surface area contributed by atoms with Crippen molar-refractivity contribution in [2.75, 3.05) is 0 Å². The lowest BCUT2D eigenvalue weighted by Crippen LogP contribution is -2.31. The Labute approximate surface area is 168 Å². The van der Waals surface area contributed by atoms with Crippen molar-refractivity contribution < 1.29 is 26.3 Å². The smallest absolute Gasteiger partial charge is 0.329 e. The Kier molecular flexibility index (Phi) is 5.92. The first-order chi connectivity index (χ1) is 14.1. The molecule has 0 spiro atoms. The van der Waals surface area contributed by atoms with E-state index in [1.54, 1.807) is 10.8 Å². The zero-order valence-electron chi connectivity index (χ0n) is 15.4. The van der Waals surface area contributed by atoms with Crippen LogP contribution < -0.4 is 5.72 Å². The van der Waals surface area contributed by atoms with Crippen molar-refractivity contribution in [1.82, 2.24) is 9.55 Å². The van der Waals surface area contributed by atoms with E-state index in [9.17, 15) is 26.3 Å². The van der Waals surface area contributed by atoms with E-state index in [1.165, 1.54) is 30.5 Å². The minimum atomic E-state index is -4.56. The van der Waals surface area contributed by atoms with Crippen LogP contribution >= 0.6 is 0 Å². The van der Waals surface area contributed by atoms with Gasteiger partial charge in [-0.05, 0) is 35.1 Å². The Hall–Kier alpha value is -3.22. The summed E-state index contributed by atoms with van der Waals surface area (Å²) in [6, 6.07) is 11.0. The third-order valence-electron chi connectivity index (χ3n) is 4.69. The highest BCUT2D eigenvalue weighted by Crippen LogP contribution is 2.34. The Morgan fingerprint density at radius 2 is 1.60 bits per heavy atom. The summed E-state index contributed by atoms with van der Waals surface area (Å²) in [5.41, 5.74) is -0.555. The highest BCUT2D eigenvalue weighted by molar-refractivity contribution is 6.54. The van der Waals surface area contributed by atoms with Crippen molar-refractivity contribution in [2.24, 2.45) is 0 Å². The lowest BCUT2D eigenvalue weighted by atomic mass is 9.58. The predicted octanol–water partition coefficient (Wildman–Crippen LogP) is 4.30. The predicted molar refractivity (Wildman–Crippen MR) is 99.4 cm³/mol. The molecule has 3 nitrogen and oxygen atoms in total. The molecular weight excluding hydrogens is 407 g/mol. The number of aromatic nitrogens is 2. The Balaban J connectivity index is 2.05. The van der Waals surface area contributed by atoms with Crippen LogP contribution in [0, 0.1) is 11.3 Å². The zero-order chi connectivity index (χ0) is 21.9. The second-order valence-electron chi connectivity index (χ2n) is 6.63. The van der Waals surface area contributed by atoms with Crippen LogP contribution in [0.2, 0.25) is 0 Å². The third kappa shape index (κ3) is 4.85. The van der Waals surface area contributed by atoms with Crippen LogP contribution in [0.15, 0.2) is 60.9 Å². The van der Waals surface area contributed by atoms with E-state index in [4.69, 9.17) is 5.26 Å². The number of benzene rings is 2. The Morgan fingerprint density at radius 1 is 0.933 bits per heavy atom. The normalized spacial score (nSPS) is 13.0. The van der Waals surface area contributed by atoms with Gasteiger partial charge in [0.2, 0.25) is 7.28 Å². The van der Waals surface area contributed by atoms with Gasteiger partial charge >= 0.3 is 12.4 Å². The molecule has 0 fully saturated rings. The standard InChI is InChI=1S/C20H14BF6N3/c22-19(23,24)15-6-4-13(5-7-15)17(21-18-29-9-11-30(18)10-8-28)14-2-1-3-16(12-14)20(25,26)27/h1-7,9,11-12,17,21H,10H2. The molecule has 0 bridgehead atoms. The molecule has 30 heavy (non-hydrogen) atoms. The Morgan fingerprint density at radius 3 is 2.20 bits per heavy atom. The number of halogens is 6. The first-order valence-electron chi connectivity index (χ1n) is 8.81. The van der Waals surface area contributed by atoms with E-state index in [2.05, 4.69) is 4.98 Å². The number of nitriles is 1. The SMILES string of the molecule is N#CCn1ccnc1BC(c1ccc(C(F)(F)F)cc1)c1cccc(C(F)(F)F)c1. The first-order valence-corrected chi connectivity index (χ1v) is 8.81. The number of nitrogens with zero attached hydrogens (tertiary/aromatic N) is 3. The number of imidazole rings is 1. The van der Waals surface area contributed by atoms with Crippen LogP contribution in [-0.2, 0) is 18.9 Å². The molecule has 0 saturated heterocycles. The minimum absolute atomic E-state index is 0.00233. The molecule has 3 rings (SSSR count). The monoisotopic (exact) mass is 421 g/mol. The topological polar surface area (TPSA) is 41.6 Å². The second kappa shape index (κ2) is 8.26. The molecule has 1 aromatic heterocycles. The number of hydrogen-bond donors (Lipinski definition) is 0. The van der Waals surface area contributed by atoms with E-state index < -0.39 is 29.3 Å². The summed E-state index contributed by atoms with van der Waals surface area (Å²) in [7, 11) is 0.112. The molecule has 0 amide bonds. The molecule has 0 aliphatic carbocycles. The van der Waals surface area contributed by atoms with Gasteiger partial charge < -0.3 is 4.57 Å². The van der Waals surface area contributed by atoms with E-state index in [1.807, 2.05) is 6.07 Å². The molecule has 10 heteroatoms. The van der Waals surface area contributed by atoms with Gasteiger partial charge in [0.1, 0.15) is 6.54 Å². The van der Waals surface area contributed by atoms with Crippen molar-refractivity contribution in [3.05, 3.63) is 83.2 Å². The maximum absolute atomic E-state index is 13.2. The summed E-state index contributed by atoms with van der Waals surface area (Å²) in [6.07, 6.45) is -6.05. The second-order valence-corrected chi connectivity index (χ2v) is 6.63. The largest absolute Gasteiger partial charge is 0.416 e. The Bertz CT molecular complexity index is 1050. The lowest BCUT2D eigenvalue weighted by molar-refractivity contribution is -0.138. The summed E-state index contributed by atoms with van der Waals surface area (Å²) in [5.74, 6) is -0.686. The maximum Gasteiger partial charge on any atom is 0.416 e. The van der Waals surface area contributed by atoms with Gasteiger partial charge in [0.25, 0.3) is 0 Å². The number of rotatable bonds is 5. The van der Waals surface area contributed by atoms with Gasteiger partial charge in [0, 0.05) is 12.4 Å². The minimum Gasteiger partial charge on any atom is -0.329 e. The molecule has 1 atom stereocenters. The van der Waals surface area contributed by atoms with E-state index in [0.717, 1.165) is 24.3 Å². The number of alkyl halides is 6. The summed E-state index contributed by atoms with van der Waals surface area (Å²) in [6.45, 7) is -0.00233. The average Bonchev–Trinajstić information content (AvgIpc) is 3.12. The summed E-state index contributed by atoms with van der Waals surface area (Å²) < 4.78 is 79.8. The summed E-state index contributed by atoms with van der Waals surface area (Å²) in [4.78, 5) is 4.16. The fourth-order valence-electron chi connectivity index (χ4n) is 3.20. The third-order valence-corrected chi connectivity index (χ3v) is 4.69. The van der Waals surface area contributed by atoms with Crippen LogP contribution in [0.4, 0.5) is 26.3 Å². The molecular formula is C20H14BF6N3. The lowest BCUT2D eigenvalue weighted by Gasteiger charge is -2.19. The van der Waals surface area contributed by atoms with Gasteiger partial charge in [-0.3, -0.25) is 4.98 Å². The van der Waals surface area contributed by atoms with Crippen LogP contribution in [0.5, 0.6) is 0 Å².